The van der Waals surface area contributed by atoms with Gasteiger partial charge in [0.25, 0.3) is 10.1 Å². The van der Waals surface area contributed by atoms with Crippen LogP contribution in [-0.2, 0) is 38.1 Å². The van der Waals surface area contributed by atoms with Crippen molar-refractivity contribution in [1.82, 2.24) is 0 Å². The number of Topliss-reactive ketones (excluding diaryl/α,β-unsaturated/α-hetero) is 1. The Hall–Kier alpha value is -1.26. The molecular weight excluding hydrogens is 556 g/mol. The van der Waals surface area contributed by atoms with Gasteiger partial charge < -0.3 is 14.2 Å². The van der Waals surface area contributed by atoms with Crippen LogP contribution in [0.3, 0.4) is 0 Å². The van der Waals surface area contributed by atoms with Crippen LogP contribution in [0.15, 0.2) is 23.8 Å². The summed E-state index contributed by atoms with van der Waals surface area (Å²) in [4.78, 5) is 24.8. The number of ether oxygens (including phenoxy) is 3. The number of alkyl halides is 1. The molecule has 8 nitrogen and oxygen atoms in total. The van der Waals surface area contributed by atoms with Crippen LogP contribution < -0.4 is 0 Å². The molecule has 0 bridgehead atoms. The molecule has 228 valence electrons. The molecule has 0 radical (unpaired) electrons. The smallest absolute Gasteiger partial charge is 0.306 e. The zero-order valence-corrected chi connectivity index (χ0v) is 25.8. The topological polar surface area (TPSA) is 105 Å². The predicted molar refractivity (Wildman–Crippen MR) is 154 cm³/mol. The average molecular weight is 603 g/mol. The lowest BCUT2D eigenvalue weighted by Crippen LogP contribution is -2.46. The largest absolute Gasteiger partial charge is 0.466 e. The maximum absolute atomic E-state index is 13.1. The number of halogens is 1. The lowest BCUT2D eigenvalue weighted by atomic mass is 9.76. The first kappa shape index (κ1) is 33.2. The van der Waals surface area contributed by atoms with E-state index >= 15 is 0 Å². The Morgan fingerprint density at radius 3 is 2.65 bits per heavy atom. The first-order valence-electron chi connectivity index (χ1n) is 15.0. The second-order valence-corrected chi connectivity index (χ2v) is 13.3. The fourth-order valence-electron chi connectivity index (χ4n) is 6.25. The highest BCUT2D eigenvalue weighted by Gasteiger charge is 2.52. The summed E-state index contributed by atoms with van der Waals surface area (Å²) < 4.78 is 47.9. The molecule has 1 saturated carbocycles. The lowest BCUT2D eigenvalue weighted by molar-refractivity contribution is -0.201. The van der Waals surface area contributed by atoms with Crippen LogP contribution >= 0.6 is 11.6 Å². The quantitative estimate of drug-likeness (QED) is 0.0934. The highest BCUT2D eigenvalue weighted by atomic mass is 35.5. The van der Waals surface area contributed by atoms with Gasteiger partial charge in [-0.3, -0.25) is 13.8 Å². The summed E-state index contributed by atoms with van der Waals surface area (Å²) in [6.45, 7) is 4.87. The van der Waals surface area contributed by atoms with Crippen molar-refractivity contribution in [1.29, 1.82) is 0 Å². The van der Waals surface area contributed by atoms with Crippen LogP contribution in [0.4, 0.5) is 0 Å². The summed E-state index contributed by atoms with van der Waals surface area (Å²) in [5.74, 6) is -0.571. The Morgan fingerprint density at radius 1 is 1.18 bits per heavy atom. The molecule has 10 heteroatoms. The molecule has 3 rings (SSSR count). The molecule has 1 heterocycles. The number of hydrogen-bond acceptors (Lipinski definition) is 8. The molecule has 40 heavy (non-hydrogen) atoms. The number of unbranched alkanes of at least 4 members (excludes halogenated alkanes) is 2. The van der Waals surface area contributed by atoms with Crippen molar-refractivity contribution in [3.05, 3.63) is 23.8 Å². The van der Waals surface area contributed by atoms with E-state index in [1.807, 2.05) is 6.08 Å². The number of carbonyl (C=O) groups is 2. The molecule has 3 unspecified atom stereocenters. The summed E-state index contributed by atoms with van der Waals surface area (Å²) in [5, 5.41) is -1.08. The SMILES string of the molecule is CCCCCC(=O)C(Cl)C(OS(C)(=O)=O)[C@@H]1[C@H]2CCC(/C=C\CCC(=O)OCC)=C[C@H]2C[C@H]1OC1CCCCO1. The first-order valence-corrected chi connectivity index (χ1v) is 17.2. The lowest BCUT2D eigenvalue weighted by Gasteiger charge is -2.37. The van der Waals surface area contributed by atoms with Gasteiger partial charge in [-0.05, 0) is 70.1 Å². The molecule has 2 fully saturated rings. The predicted octanol–water partition coefficient (Wildman–Crippen LogP) is 5.87. The second kappa shape index (κ2) is 16.4. The van der Waals surface area contributed by atoms with Gasteiger partial charge in [-0.15, -0.1) is 11.6 Å². The van der Waals surface area contributed by atoms with Gasteiger partial charge in [0.1, 0.15) is 11.5 Å². The maximum atomic E-state index is 13.1. The van der Waals surface area contributed by atoms with Crippen molar-refractivity contribution in [3.63, 3.8) is 0 Å². The Bertz CT molecular complexity index is 988. The molecule has 3 aliphatic rings. The van der Waals surface area contributed by atoms with E-state index in [1.165, 1.54) is 5.57 Å². The Balaban J connectivity index is 1.82. The maximum Gasteiger partial charge on any atom is 0.306 e. The highest BCUT2D eigenvalue weighted by Crippen LogP contribution is 2.50. The van der Waals surface area contributed by atoms with Crippen molar-refractivity contribution in [2.24, 2.45) is 17.8 Å². The van der Waals surface area contributed by atoms with Gasteiger partial charge in [0, 0.05) is 25.4 Å². The van der Waals surface area contributed by atoms with Gasteiger partial charge >= 0.3 is 5.97 Å². The first-order chi connectivity index (χ1) is 19.1. The molecule has 0 N–H and O–H groups in total. The van der Waals surface area contributed by atoms with Crippen molar-refractivity contribution >= 4 is 33.5 Å². The van der Waals surface area contributed by atoms with E-state index in [2.05, 4.69) is 19.1 Å². The monoisotopic (exact) mass is 602 g/mol. The number of esters is 1. The minimum absolute atomic E-state index is 0.0571. The molecule has 7 atom stereocenters. The summed E-state index contributed by atoms with van der Waals surface area (Å²) in [6, 6.07) is 0. The van der Waals surface area contributed by atoms with Crippen molar-refractivity contribution in [3.8, 4) is 0 Å². The van der Waals surface area contributed by atoms with E-state index in [0.717, 1.165) is 51.2 Å². The summed E-state index contributed by atoms with van der Waals surface area (Å²) in [6.07, 6.45) is 14.5. The van der Waals surface area contributed by atoms with E-state index < -0.39 is 21.6 Å². The molecule has 1 saturated heterocycles. The summed E-state index contributed by atoms with van der Waals surface area (Å²) in [7, 11) is -3.88. The fourth-order valence-corrected chi connectivity index (χ4v) is 7.29. The molecular formula is C30H47ClO8S. The average Bonchev–Trinajstić information content (AvgIpc) is 3.26. The normalized spacial score (nSPS) is 28.6. The Labute approximate surface area is 245 Å². The highest BCUT2D eigenvalue weighted by molar-refractivity contribution is 7.86. The Morgan fingerprint density at radius 2 is 1.98 bits per heavy atom. The van der Waals surface area contributed by atoms with Crippen LogP contribution in [0, 0.1) is 17.8 Å². The minimum Gasteiger partial charge on any atom is -0.466 e. The van der Waals surface area contributed by atoms with Gasteiger partial charge in [-0.1, -0.05) is 43.6 Å². The van der Waals surface area contributed by atoms with E-state index in [-0.39, 0.29) is 41.9 Å². The number of carbonyl (C=O) groups excluding carboxylic acids is 2. The van der Waals surface area contributed by atoms with Gasteiger partial charge in [0.05, 0.1) is 19.0 Å². The summed E-state index contributed by atoms with van der Waals surface area (Å²) in [5.41, 5.74) is 1.18. The summed E-state index contributed by atoms with van der Waals surface area (Å²) >= 11 is 6.77. The van der Waals surface area contributed by atoms with E-state index in [9.17, 15) is 18.0 Å². The van der Waals surface area contributed by atoms with Gasteiger partial charge in [-0.2, -0.15) is 8.42 Å². The Kier molecular flexibility index (Phi) is 13.6. The molecule has 0 spiro atoms. The van der Waals surface area contributed by atoms with E-state index in [1.54, 1.807) is 6.92 Å². The zero-order chi connectivity index (χ0) is 29.1. The van der Waals surface area contributed by atoms with E-state index in [0.29, 0.717) is 45.3 Å². The number of hydrogen-bond donors (Lipinski definition) is 0. The van der Waals surface area contributed by atoms with Crippen LogP contribution in [0.25, 0.3) is 0 Å². The van der Waals surface area contributed by atoms with Crippen LogP contribution in [0.1, 0.15) is 90.9 Å². The van der Waals surface area contributed by atoms with Crippen molar-refractivity contribution in [2.75, 3.05) is 19.5 Å². The van der Waals surface area contributed by atoms with Crippen molar-refractivity contribution in [2.45, 2.75) is 115 Å². The number of fused-ring (bicyclic) bond motifs is 1. The van der Waals surface area contributed by atoms with Gasteiger partial charge in [0.2, 0.25) is 0 Å². The molecule has 0 aromatic carbocycles. The van der Waals surface area contributed by atoms with Crippen LogP contribution in [0.5, 0.6) is 0 Å². The molecule has 1 aliphatic heterocycles. The van der Waals surface area contributed by atoms with Crippen LogP contribution in [-0.4, -0.2) is 63.5 Å². The minimum atomic E-state index is -3.88. The number of rotatable bonds is 16. The second-order valence-electron chi connectivity index (χ2n) is 11.2. The number of allylic oxidation sites excluding steroid dienone is 4. The van der Waals surface area contributed by atoms with E-state index in [4.69, 9.17) is 30.0 Å². The van der Waals surface area contributed by atoms with Gasteiger partial charge in [-0.25, -0.2) is 0 Å². The zero-order valence-electron chi connectivity index (χ0n) is 24.2. The fraction of sp³-hybridized carbons (Fsp3) is 0.800. The third-order valence-electron chi connectivity index (χ3n) is 8.08. The number of ketones is 1. The van der Waals surface area contributed by atoms with Crippen molar-refractivity contribution < 1.29 is 36.4 Å². The standard InChI is InChI=1S/C30H47ClO8S/c1-4-6-7-13-24(32)29(31)30(39-40(3,34)35)28-23-17-16-21(12-8-9-14-26(33)36-5-2)19-22(23)20-25(28)38-27-15-10-11-18-37-27/h8,12,19,22-23,25,27-30H,4-7,9-11,13-18,20H2,1-3H3/b12-8-/t22-,23-,25+,27?,28+,29?,30?/m0/s1. The molecule has 2 aliphatic carbocycles. The third kappa shape index (κ3) is 10.2. The van der Waals surface area contributed by atoms with Crippen LogP contribution in [0.2, 0.25) is 0 Å². The third-order valence-corrected chi connectivity index (χ3v) is 9.14. The van der Waals surface area contributed by atoms with Gasteiger partial charge in [0.15, 0.2) is 12.1 Å². The molecule has 0 amide bonds. The molecule has 0 aromatic heterocycles. The molecule has 0 aromatic rings.